The van der Waals surface area contributed by atoms with Crippen LogP contribution in [0.15, 0.2) is 24.5 Å². The number of pyridine rings is 2. The van der Waals surface area contributed by atoms with E-state index in [1.807, 2.05) is 0 Å². The van der Waals surface area contributed by atoms with Crippen molar-refractivity contribution in [3.05, 3.63) is 30.3 Å². The second-order valence-electron chi connectivity index (χ2n) is 4.31. The fraction of sp³-hybridized carbons (Fsp3) is 0.250. The first kappa shape index (κ1) is 13.2. The van der Waals surface area contributed by atoms with Crippen molar-refractivity contribution in [1.29, 1.82) is 0 Å². The number of carboxylic acids is 1. The Labute approximate surface area is 107 Å². The first-order valence-electron chi connectivity index (χ1n) is 5.50. The molecule has 0 fully saturated rings. The number of nitrogens with zero attached hydrogens (tertiary/aromatic N) is 2. The summed E-state index contributed by atoms with van der Waals surface area (Å²) in [6, 6.07) is 2.80. The van der Waals surface area contributed by atoms with Gasteiger partial charge in [0.2, 0.25) is 0 Å². The highest BCUT2D eigenvalue weighted by Gasteiger charge is 2.29. The Kier molecular flexibility index (Phi) is 3.30. The van der Waals surface area contributed by atoms with Crippen LogP contribution in [0.2, 0.25) is 0 Å². The Bertz CT molecular complexity index is 631. The number of aliphatic hydroxyl groups is 1. The Morgan fingerprint density at radius 2 is 2.26 bits per heavy atom. The molecule has 6 nitrogen and oxygen atoms in total. The lowest BCUT2D eigenvalue weighted by molar-refractivity contribution is -0.155. The molecular formula is C12H12FN3O3. The van der Waals surface area contributed by atoms with E-state index >= 15 is 0 Å². The number of halogens is 1. The van der Waals surface area contributed by atoms with Crippen molar-refractivity contribution in [3.63, 3.8) is 0 Å². The lowest BCUT2D eigenvalue weighted by atomic mass is 10.1. The zero-order valence-electron chi connectivity index (χ0n) is 10.1. The van der Waals surface area contributed by atoms with Gasteiger partial charge in [0, 0.05) is 12.3 Å². The molecule has 3 N–H and O–H groups in total. The summed E-state index contributed by atoms with van der Waals surface area (Å²) in [6.07, 6.45) is 2.49. The summed E-state index contributed by atoms with van der Waals surface area (Å²) in [5.41, 5.74) is -0.674. The van der Waals surface area contributed by atoms with Crippen molar-refractivity contribution in [3.8, 4) is 0 Å². The summed E-state index contributed by atoms with van der Waals surface area (Å²) in [5.74, 6) is -1.84. The Morgan fingerprint density at radius 1 is 1.53 bits per heavy atom. The van der Waals surface area contributed by atoms with Crippen molar-refractivity contribution in [2.24, 2.45) is 0 Å². The molecule has 100 valence electrons. The van der Waals surface area contributed by atoms with Crippen LogP contribution in [0, 0.1) is 5.82 Å². The topological polar surface area (TPSA) is 95.3 Å². The van der Waals surface area contributed by atoms with Crippen LogP contribution in [0.3, 0.4) is 0 Å². The van der Waals surface area contributed by atoms with E-state index in [1.165, 1.54) is 19.2 Å². The van der Waals surface area contributed by atoms with Crippen molar-refractivity contribution in [2.45, 2.75) is 12.5 Å². The number of aliphatic carboxylic acids is 1. The van der Waals surface area contributed by atoms with Crippen LogP contribution < -0.4 is 5.32 Å². The quantitative estimate of drug-likeness (QED) is 0.763. The molecule has 0 spiro atoms. The van der Waals surface area contributed by atoms with Crippen molar-refractivity contribution in [2.75, 3.05) is 11.9 Å². The zero-order chi connectivity index (χ0) is 14.0. The lowest BCUT2D eigenvalue weighted by Gasteiger charge is -2.19. The monoisotopic (exact) mass is 265 g/mol. The number of anilines is 1. The van der Waals surface area contributed by atoms with Crippen LogP contribution in [0.4, 0.5) is 10.1 Å². The average Bonchev–Trinajstić information content (AvgIpc) is 2.35. The molecule has 0 saturated heterocycles. The summed E-state index contributed by atoms with van der Waals surface area (Å²) >= 11 is 0. The second kappa shape index (κ2) is 4.77. The summed E-state index contributed by atoms with van der Waals surface area (Å²) in [7, 11) is 0. The Hall–Kier alpha value is -2.28. The van der Waals surface area contributed by atoms with Crippen LogP contribution in [0.25, 0.3) is 11.0 Å². The van der Waals surface area contributed by atoms with Crippen LogP contribution in [-0.2, 0) is 4.79 Å². The van der Waals surface area contributed by atoms with E-state index in [0.717, 1.165) is 6.20 Å². The first-order chi connectivity index (χ1) is 8.90. The number of carbonyl (C=O) groups is 1. The van der Waals surface area contributed by atoms with Crippen LogP contribution in [0.1, 0.15) is 6.92 Å². The second-order valence-corrected chi connectivity index (χ2v) is 4.31. The van der Waals surface area contributed by atoms with Gasteiger partial charge in [-0.05, 0) is 13.0 Å². The molecule has 19 heavy (non-hydrogen) atoms. The molecule has 0 aromatic carbocycles. The van der Waals surface area contributed by atoms with Gasteiger partial charge in [0.15, 0.2) is 5.60 Å². The third kappa shape index (κ3) is 2.76. The van der Waals surface area contributed by atoms with Crippen LogP contribution in [0.5, 0.6) is 0 Å². The summed E-state index contributed by atoms with van der Waals surface area (Å²) < 4.78 is 13.0. The largest absolute Gasteiger partial charge is 0.479 e. The third-order valence-electron chi connectivity index (χ3n) is 2.63. The first-order valence-corrected chi connectivity index (χ1v) is 5.50. The normalized spacial score (nSPS) is 14.1. The molecule has 7 heteroatoms. The molecule has 0 radical (unpaired) electrons. The van der Waals surface area contributed by atoms with E-state index in [-0.39, 0.29) is 6.54 Å². The van der Waals surface area contributed by atoms with Gasteiger partial charge in [0.25, 0.3) is 0 Å². The predicted molar refractivity (Wildman–Crippen MR) is 66.2 cm³/mol. The lowest BCUT2D eigenvalue weighted by Crippen LogP contribution is -2.41. The van der Waals surface area contributed by atoms with Gasteiger partial charge in [0.05, 0.1) is 23.9 Å². The number of rotatable bonds is 4. The van der Waals surface area contributed by atoms with E-state index in [9.17, 15) is 14.3 Å². The average molecular weight is 265 g/mol. The number of fused-ring (bicyclic) bond motifs is 1. The number of nitrogens with one attached hydrogen (secondary N) is 1. The van der Waals surface area contributed by atoms with E-state index in [0.29, 0.717) is 16.7 Å². The highest BCUT2D eigenvalue weighted by atomic mass is 19.1. The molecule has 0 aliphatic carbocycles. The van der Waals surface area contributed by atoms with Crippen molar-refractivity contribution >= 4 is 22.7 Å². The SMILES string of the molecule is CC(O)(CNc1ccnc2cc(F)cnc12)C(=O)O. The van der Waals surface area contributed by atoms with E-state index in [1.54, 1.807) is 6.07 Å². The maximum Gasteiger partial charge on any atom is 0.337 e. The molecule has 2 aromatic heterocycles. The summed E-state index contributed by atoms with van der Waals surface area (Å²) in [5, 5.41) is 21.2. The van der Waals surface area contributed by atoms with Gasteiger partial charge < -0.3 is 15.5 Å². The smallest absolute Gasteiger partial charge is 0.337 e. The molecular weight excluding hydrogens is 253 g/mol. The van der Waals surface area contributed by atoms with Gasteiger partial charge in [-0.1, -0.05) is 0 Å². The van der Waals surface area contributed by atoms with Crippen LogP contribution >= 0.6 is 0 Å². The molecule has 2 aromatic rings. The number of hydrogen-bond donors (Lipinski definition) is 3. The van der Waals surface area contributed by atoms with E-state index in [2.05, 4.69) is 15.3 Å². The molecule has 1 unspecified atom stereocenters. The van der Waals surface area contributed by atoms with E-state index in [4.69, 9.17) is 5.11 Å². The molecule has 2 rings (SSSR count). The fourth-order valence-corrected chi connectivity index (χ4v) is 1.49. The molecule has 0 amide bonds. The Balaban J connectivity index is 2.29. The molecule has 0 bridgehead atoms. The third-order valence-corrected chi connectivity index (χ3v) is 2.63. The highest BCUT2D eigenvalue weighted by Crippen LogP contribution is 2.20. The van der Waals surface area contributed by atoms with E-state index < -0.39 is 17.4 Å². The molecule has 2 heterocycles. The number of hydrogen-bond acceptors (Lipinski definition) is 5. The number of aromatic nitrogens is 2. The minimum atomic E-state index is -1.91. The summed E-state index contributed by atoms with van der Waals surface area (Å²) in [6.45, 7) is 0.972. The molecule has 1 atom stereocenters. The standard InChI is InChI=1S/C12H12FN3O3/c1-12(19,11(17)18)6-16-8-2-3-14-9-4-7(13)5-15-10(8)9/h2-5,19H,6H2,1H3,(H,14,16)(H,17,18). The Morgan fingerprint density at radius 3 is 2.95 bits per heavy atom. The minimum Gasteiger partial charge on any atom is -0.479 e. The van der Waals surface area contributed by atoms with Gasteiger partial charge in [-0.3, -0.25) is 4.98 Å². The van der Waals surface area contributed by atoms with Gasteiger partial charge in [0.1, 0.15) is 11.3 Å². The maximum atomic E-state index is 13.0. The molecule has 0 aliphatic heterocycles. The van der Waals surface area contributed by atoms with Crippen LogP contribution in [-0.4, -0.2) is 38.3 Å². The number of carboxylic acid groups (broad SMARTS) is 1. The van der Waals surface area contributed by atoms with Gasteiger partial charge in [-0.15, -0.1) is 0 Å². The molecule has 0 saturated carbocycles. The zero-order valence-corrected chi connectivity index (χ0v) is 10.1. The van der Waals surface area contributed by atoms with Crippen molar-refractivity contribution in [1.82, 2.24) is 9.97 Å². The predicted octanol–water partition coefficient (Wildman–Crippen LogP) is 1.02. The van der Waals surface area contributed by atoms with Crippen molar-refractivity contribution < 1.29 is 19.4 Å². The molecule has 0 aliphatic rings. The highest BCUT2D eigenvalue weighted by molar-refractivity contribution is 5.87. The minimum absolute atomic E-state index is 0.208. The summed E-state index contributed by atoms with van der Waals surface area (Å²) in [4.78, 5) is 18.6. The van der Waals surface area contributed by atoms with Gasteiger partial charge in [-0.25, -0.2) is 14.2 Å². The fourth-order valence-electron chi connectivity index (χ4n) is 1.49. The van der Waals surface area contributed by atoms with Gasteiger partial charge >= 0.3 is 5.97 Å². The van der Waals surface area contributed by atoms with Gasteiger partial charge in [-0.2, -0.15) is 0 Å². The maximum absolute atomic E-state index is 13.0.